The van der Waals surface area contributed by atoms with Crippen LogP contribution in [0.1, 0.15) is 18.4 Å². The molecule has 0 atom stereocenters. The first-order valence-electron chi connectivity index (χ1n) is 6.54. The van der Waals surface area contributed by atoms with E-state index in [0.29, 0.717) is 6.54 Å². The Morgan fingerprint density at radius 2 is 2.10 bits per heavy atom. The average molecular weight is 490 g/mol. The lowest BCUT2D eigenvalue weighted by Crippen LogP contribution is -2.37. The number of unbranched alkanes of at least 4 members (excludes halogenated alkanes) is 1. The van der Waals surface area contributed by atoms with E-state index in [-0.39, 0.29) is 29.8 Å². The Hall–Kier alpha value is -0.0200. The van der Waals surface area contributed by atoms with Gasteiger partial charge in [0.2, 0.25) is 0 Å². The van der Waals surface area contributed by atoms with Crippen LogP contribution in [0.4, 0.5) is 4.39 Å². The van der Waals surface area contributed by atoms with Crippen molar-refractivity contribution in [3.05, 3.63) is 34.1 Å². The quantitative estimate of drug-likeness (QED) is 0.263. The third-order valence-electron chi connectivity index (χ3n) is 2.75. The first-order chi connectivity index (χ1) is 9.67. The van der Waals surface area contributed by atoms with Gasteiger partial charge in [-0.25, -0.2) is 4.39 Å². The van der Waals surface area contributed by atoms with Gasteiger partial charge < -0.3 is 10.6 Å². The van der Waals surface area contributed by atoms with Crippen molar-refractivity contribution in [3.63, 3.8) is 0 Å². The van der Waals surface area contributed by atoms with Crippen LogP contribution < -0.4 is 10.6 Å². The molecule has 0 unspecified atom stereocenters. The Bertz CT molecular complexity index is 446. The summed E-state index contributed by atoms with van der Waals surface area (Å²) in [5.41, 5.74) is 0.871. The highest BCUT2D eigenvalue weighted by Crippen LogP contribution is 2.17. The van der Waals surface area contributed by atoms with Gasteiger partial charge in [0.15, 0.2) is 5.96 Å². The van der Waals surface area contributed by atoms with Crippen LogP contribution in [0.3, 0.4) is 0 Å². The summed E-state index contributed by atoms with van der Waals surface area (Å²) in [6.45, 7) is 1.42. The summed E-state index contributed by atoms with van der Waals surface area (Å²) in [6.07, 6.45) is 4.43. The van der Waals surface area contributed by atoms with E-state index in [1.807, 2.05) is 11.8 Å². The molecule has 120 valence electrons. The molecule has 1 aromatic rings. The van der Waals surface area contributed by atoms with Crippen molar-refractivity contribution in [2.75, 3.05) is 25.6 Å². The van der Waals surface area contributed by atoms with E-state index in [9.17, 15) is 4.39 Å². The smallest absolute Gasteiger partial charge is 0.191 e. The molecule has 0 aliphatic heterocycles. The fourth-order valence-electron chi connectivity index (χ4n) is 1.66. The highest BCUT2D eigenvalue weighted by molar-refractivity contribution is 14.0. The Kier molecular flexibility index (Phi) is 12.5. The Morgan fingerprint density at radius 3 is 2.76 bits per heavy atom. The minimum Gasteiger partial charge on any atom is -0.356 e. The molecule has 7 heteroatoms. The monoisotopic (exact) mass is 489 g/mol. The van der Waals surface area contributed by atoms with E-state index in [0.717, 1.165) is 29.0 Å². The lowest BCUT2D eigenvalue weighted by Gasteiger charge is -2.12. The zero-order chi connectivity index (χ0) is 14.8. The molecule has 0 bridgehead atoms. The Labute approximate surface area is 156 Å². The van der Waals surface area contributed by atoms with Gasteiger partial charge in [0.25, 0.3) is 0 Å². The van der Waals surface area contributed by atoms with Crippen molar-refractivity contribution in [1.82, 2.24) is 10.6 Å². The minimum absolute atomic E-state index is 0. The summed E-state index contributed by atoms with van der Waals surface area (Å²) in [6, 6.07) is 4.67. The number of nitrogens with zero attached hydrogens (tertiary/aromatic N) is 1. The maximum absolute atomic E-state index is 13.2. The second-order valence-corrected chi connectivity index (χ2v) is 6.13. The molecule has 0 radical (unpaired) electrons. The molecule has 0 spiro atoms. The second kappa shape index (κ2) is 12.5. The van der Waals surface area contributed by atoms with Crippen LogP contribution >= 0.6 is 51.7 Å². The molecule has 1 aromatic carbocycles. The summed E-state index contributed by atoms with van der Waals surface area (Å²) < 4.78 is 14.1. The van der Waals surface area contributed by atoms with Gasteiger partial charge in [-0.3, -0.25) is 4.99 Å². The van der Waals surface area contributed by atoms with E-state index < -0.39 is 0 Å². The molecule has 0 fully saturated rings. The van der Waals surface area contributed by atoms with Crippen LogP contribution in [-0.4, -0.2) is 31.6 Å². The summed E-state index contributed by atoms with van der Waals surface area (Å²) in [7, 11) is 1.73. The molecule has 0 aliphatic carbocycles. The SMILES string of the molecule is CN=C(NCCCCSC)NCc1cc(F)ccc1Br.I. The lowest BCUT2D eigenvalue weighted by atomic mass is 10.2. The van der Waals surface area contributed by atoms with E-state index in [2.05, 4.69) is 37.8 Å². The highest BCUT2D eigenvalue weighted by atomic mass is 127. The van der Waals surface area contributed by atoms with Crippen molar-refractivity contribution in [3.8, 4) is 0 Å². The van der Waals surface area contributed by atoms with Crippen LogP contribution in [-0.2, 0) is 6.54 Å². The van der Waals surface area contributed by atoms with Gasteiger partial charge in [0.1, 0.15) is 5.82 Å². The number of guanidine groups is 1. The third-order valence-corrected chi connectivity index (χ3v) is 4.22. The molecule has 0 aromatic heterocycles. The fourth-order valence-corrected chi connectivity index (χ4v) is 2.54. The summed E-state index contributed by atoms with van der Waals surface area (Å²) in [4.78, 5) is 4.15. The standard InChI is InChI=1S/C14H21BrFN3S.HI/c1-17-14(18-7-3-4-8-20-2)19-10-11-9-12(16)5-6-13(11)15;/h5-6,9H,3-4,7-8,10H2,1-2H3,(H2,17,18,19);1H. The van der Waals surface area contributed by atoms with Crippen LogP contribution in [0.25, 0.3) is 0 Å². The van der Waals surface area contributed by atoms with Crippen molar-refractivity contribution < 1.29 is 4.39 Å². The van der Waals surface area contributed by atoms with E-state index in [4.69, 9.17) is 0 Å². The van der Waals surface area contributed by atoms with Crippen molar-refractivity contribution >= 4 is 57.6 Å². The van der Waals surface area contributed by atoms with Crippen molar-refractivity contribution in [1.29, 1.82) is 0 Å². The van der Waals surface area contributed by atoms with Gasteiger partial charge in [-0.05, 0) is 48.6 Å². The molecule has 0 amide bonds. The molecule has 0 aliphatic rings. The maximum atomic E-state index is 13.2. The number of thioether (sulfide) groups is 1. The van der Waals surface area contributed by atoms with Crippen LogP contribution in [0.2, 0.25) is 0 Å². The van der Waals surface area contributed by atoms with Gasteiger partial charge in [0, 0.05) is 24.6 Å². The van der Waals surface area contributed by atoms with Gasteiger partial charge in [-0.15, -0.1) is 24.0 Å². The van der Waals surface area contributed by atoms with Crippen LogP contribution in [0.15, 0.2) is 27.7 Å². The van der Waals surface area contributed by atoms with E-state index in [1.54, 1.807) is 13.1 Å². The molecule has 2 N–H and O–H groups in total. The van der Waals surface area contributed by atoms with Gasteiger partial charge >= 0.3 is 0 Å². The zero-order valence-corrected chi connectivity index (χ0v) is 17.0. The molecule has 0 saturated carbocycles. The van der Waals surface area contributed by atoms with Crippen molar-refractivity contribution in [2.24, 2.45) is 4.99 Å². The molecule has 0 heterocycles. The predicted octanol–water partition coefficient (Wildman–Crippen LogP) is 4.01. The fraction of sp³-hybridized carbons (Fsp3) is 0.500. The molecule has 21 heavy (non-hydrogen) atoms. The van der Waals surface area contributed by atoms with Gasteiger partial charge in [-0.1, -0.05) is 15.9 Å². The average Bonchev–Trinajstić information content (AvgIpc) is 2.45. The normalized spacial score (nSPS) is 11.0. The lowest BCUT2D eigenvalue weighted by molar-refractivity contribution is 0.624. The number of nitrogens with one attached hydrogen (secondary N) is 2. The number of benzene rings is 1. The van der Waals surface area contributed by atoms with Crippen molar-refractivity contribution in [2.45, 2.75) is 19.4 Å². The number of hydrogen-bond donors (Lipinski definition) is 2. The van der Waals surface area contributed by atoms with E-state index >= 15 is 0 Å². The maximum Gasteiger partial charge on any atom is 0.191 e. The highest BCUT2D eigenvalue weighted by Gasteiger charge is 2.03. The summed E-state index contributed by atoms with van der Waals surface area (Å²) in [5.74, 6) is 1.69. The zero-order valence-electron chi connectivity index (χ0n) is 12.3. The number of rotatable bonds is 7. The topological polar surface area (TPSA) is 36.4 Å². The second-order valence-electron chi connectivity index (χ2n) is 4.29. The molecule has 3 nitrogen and oxygen atoms in total. The Balaban J connectivity index is 0.00000400. The molecular formula is C14H22BrFIN3S. The third kappa shape index (κ3) is 8.87. The molecule has 1 rings (SSSR count). The first-order valence-corrected chi connectivity index (χ1v) is 8.73. The number of aliphatic imine (C=N–C) groups is 1. The van der Waals surface area contributed by atoms with Crippen LogP contribution in [0.5, 0.6) is 0 Å². The Morgan fingerprint density at radius 1 is 1.33 bits per heavy atom. The minimum atomic E-state index is -0.231. The number of hydrogen-bond acceptors (Lipinski definition) is 2. The molecular weight excluding hydrogens is 468 g/mol. The predicted molar refractivity (Wildman–Crippen MR) is 105 cm³/mol. The molecule has 0 saturated heterocycles. The van der Waals surface area contributed by atoms with Gasteiger partial charge in [-0.2, -0.15) is 11.8 Å². The van der Waals surface area contributed by atoms with Gasteiger partial charge in [0.05, 0.1) is 0 Å². The van der Waals surface area contributed by atoms with E-state index in [1.165, 1.54) is 24.3 Å². The summed E-state index contributed by atoms with van der Waals surface area (Å²) in [5, 5.41) is 6.43. The summed E-state index contributed by atoms with van der Waals surface area (Å²) >= 11 is 5.28. The number of halogens is 3. The van der Waals surface area contributed by atoms with Crippen LogP contribution in [0, 0.1) is 5.82 Å². The first kappa shape index (κ1) is 21.0. The largest absolute Gasteiger partial charge is 0.356 e.